The third-order valence-corrected chi connectivity index (χ3v) is 2.96. The summed E-state index contributed by atoms with van der Waals surface area (Å²) in [5.74, 6) is 0. The molecule has 15 heavy (non-hydrogen) atoms. The van der Waals surface area contributed by atoms with Crippen molar-refractivity contribution in [1.82, 2.24) is 0 Å². The van der Waals surface area contributed by atoms with Gasteiger partial charge in [-0.3, -0.25) is 0 Å². The normalized spacial score (nSPS) is 11.5. The van der Waals surface area contributed by atoms with Gasteiger partial charge in [-0.15, -0.1) is 0 Å². The van der Waals surface area contributed by atoms with Gasteiger partial charge in [-0.1, -0.05) is 24.3 Å². The number of nitriles is 1. The van der Waals surface area contributed by atoms with E-state index < -0.39 is 9.84 Å². The first-order valence-corrected chi connectivity index (χ1v) is 6.27. The van der Waals surface area contributed by atoms with Crippen LogP contribution in [0.2, 0.25) is 0 Å². The largest absolute Gasteiger partial charge is 0.224 e. The summed E-state index contributed by atoms with van der Waals surface area (Å²) in [6.07, 6.45) is 5.05. The molecule has 0 aliphatic heterocycles. The highest BCUT2D eigenvalue weighted by atomic mass is 32.2. The van der Waals surface area contributed by atoms with E-state index in [4.69, 9.17) is 5.26 Å². The summed E-state index contributed by atoms with van der Waals surface area (Å²) in [5.41, 5.74) is 0.887. The highest BCUT2D eigenvalue weighted by molar-refractivity contribution is 7.90. The van der Waals surface area contributed by atoms with Crippen molar-refractivity contribution >= 4 is 15.9 Å². The Bertz CT molecular complexity index is 492. The fraction of sp³-hybridized carbons (Fsp3) is 0.182. The molecule has 0 fully saturated rings. The first-order valence-electron chi connectivity index (χ1n) is 4.37. The average molecular weight is 221 g/mol. The van der Waals surface area contributed by atoms with Gasteiger partial charge in [0.25, 0.3) is 0 Å². The van der Waals surface area contributed by atoms with Crippen molar-refractivity contribution in [3.8, 4) is 6.07 Å². The number of hydrogen-bond acceptors (Lipinski definition) is 3. The maximum absolute atomic E-state index is 11.1. The fourth-order valence-corrected chi connectivity index (χ4v) is 1.70. The summed E-state index contributed by atoms with van der Waals surface area (Å²) >= 11 is 0. The molecule has 3 nitrogen and oxygen atoms in total. The van der Waals surface area contributed by atoms with Gasteiger partial charge in [0.1, 0.15) is 0 Å². The van der Waals surface area contributed by atoms with Crippen molar-refractivity contribution in [2.75, 3.05) is 6.26 Å². The molecule has 1 aromatic rings. The topological polar surface area (TPSA) is 57.9 Å². The Balaban J connectivity index is 2.87. The third kappa shape index (κ3) is 3.56. The number of nitrogens with zero attached hydrogens (tertiary/aromatic N) is 1. The molecule has 0 atom stereocenters. The molecule has 0 radical (unpaired) electrons. The lowest BCUT2D eigenvalue weighted by molar-refractivity contribution is 0.602. The van der Waals surface area contributed by atoms with Crippen LogP contribution in [0.5, 0.6) is 0 Å². The molecule has 0 amide bonds. The Labute approximate surface area is 89.6 Å². The lowest BCUT2D eigenvalue weighted by Crippen LogP contribution is -1.95. The summed E-state index contributed by atoms with van der Waals surface area (Å²) in [7, 11) is -3.12. The number of rotatable bonds is 3. The van der Waals surface area contributed by atoms with Crippen LogP contribution in [0.4, 0.5) is 0 Å². The fourth-order valence-electron chi connectivity index (χ4n) is 1.07. The van der Waals surface area contributed by atoms with Crippen LogP contribution in [0.25, 0.3) is 6.08 Å². The van der Waals surface area contributed by atoms with E-state index >= 15 is 0 Å². The van der Waals surface area contributed by atoms with Crippen LogP contribution < -0.4 is 0 Å². The lowest BCUT2D eigenvalue weighted by Gasteiger charge is -1.98. The zero-order valence-electron chi connectivity index (χ0n) is 8.34. The minimum absolute atomic E-state index is 0.305. The van der Waals surface area contributed by atoms with E-state index in [0.717, 1.165) is 5.56 Å². The van der Waals surface area contributed by atoms with Crippen LogP contribution in [0.3, 0.4) is 0 Å². The van der Waals surface area contributed by atoms with Crippen LogP contribution in [-0.4, -0.2) is 14.7 Å². The molecule has 1 rings (SSSR count). The Kier molecular flexibility index (Phi) is 3.64. The van der Waals surface area contributed by atoms with Crippen LogP contribution >= 0.6 is 0 Å². The first kappa shape index (κ1) is 11.5. The van der Waals surface area contributed by atoms with Gasteiger partial charge < -0.3 is 0 Å². The van der Waals surface area contributed by atoms with Crippen molar-refractivity contribution in [1.29, 1.82) is 5.26 Å². The predicted octanol–water partition coefficient (Wildman–Crippen LogP) is 2.02. The summed E-state index contributed by atoms with van der Waals surface area (Å²) < 4.78 is 22.3. The molecular weight excluding hydrogens is 210 g/mol. The quantitative estimate of drug-likeness (QED) is 0.784. The smallest absolute Gasteiger partial charge is 0.175 e. The van der Waals surface area contributed by atoms with Gasteiger partial charge >= 0.3 is 0 Å². The van der Waals surface area contributed by atoms with E-state index in [0.29, 0.717) is 11.3 Å². The Morgan fingerprint density at radius 2 is 1.93 bits per heavy atom. The second kappa shape index (κ2) is 4.76. The van der Waals surface area contributed by atoms with Gasteiger partial charge in [-0.25, -0.2) is 8.42 Å². The predicted molar refractivity (Wildman–Crippen MR) is 58.8 cm³/mol. The minimum atomic E-state index is -3.12. The molecule has 0 aliphatic rings. The standard InChI is InChI=1S/C11H11NO2S/c1-15(13,14)11-7-5-10(6-8-11)4-2-3-9-12/h2,4-8H,3H2,1H3. The molecule has 0 heterocycles. The van der Waals surface area contributed by atoms with Gasteiger partial charge in [-0.05, 0) is 17.7 Å². The maximum Gasteiger partial charge on any atom is 0.175 e. The van der Waals surface area contributed by atoms with Crippen molar-refractivity contribution < 1.29 is 8.42 Å². The molecule has 0 saturated heterocycles. The summed E-state index contributed by atoms with van der Waals surface area (Å²) in [4.78, 5) is 0.305. The molecule has 0 saturated carbocycles. The van der Waals surface area contributed by atoms with Gasteiger partial charge in [0.05, 0.1) is 17.4 Å². The van der Waals surface area contributed by atoms with Crippen LogP contribution in [0, 0.1) is 11.3 Å². The van der Waals surface area contributed by atoms with Gasteiger partial charge in [-0.2, -0.15) is 5.26 Å². The number of benzene rings is 1. The van der Waals surface area contributed by atoms with Gasteiger partial charge in [0, 0.05) is 6.26 Å². The molecule has 4 heteroatoms. The second-order valence-corrected chi connectivity index (χ2v) is 5.12. The van der Waals surface area contributed by atoms with Gasteiger partial charge in [0.15, 0.2) is 9.84 Å². The van der Waals surface area contributed by atoms with E-state index in [2.05, 4.69) is 0 Å². The summed E-state index contributed by atoms with van der Waals surface area (Å²) in [6.45, 7) is 0. The average Bonchev–Trinajstić information content (AvgIpc) is 2.18. The highest BCUT2D eigenvalue weighted by Crippen LogP contribution is 2.11. The van der Waals surface area contributed by atoms with Crippen molar-refractivity contribution in [3.05, 3.63) is 35.9 Å². The zero-order chi connectivity index (χ0) is 11.3. The van der Waals surface area contributed by atoms with Crippen LogP contribution in [0.15, 0.2) is 35.2 Å². The van der Waals surface area contributed by atoms with E-state index in [-0.39, 0.29) is 0 Å². The van der Waals surface area contributed by atoms with E-state index in [9.17, 15) is 8.42 Å². The molecule has 1 aromatic carbocycles. The van der Waals surface area contributed by atoms with E-state index in [1.165, 1.54) is 6.26 Å². The second-order valence-electron chi connectivity index (χ2n) is 3.11. The maximum atomic E-state index is 11.1. The molecule has 0 aromatic heterocycles. The summed E-state index contributed by atoms with van der Waals surface area (Å²) in [6, 6.07) is 8.53. The van der Waals surface area contributed by atoms with Crippen LogP contribution in [-0.2, 0) is 9.84 Å². The molecule has 0 aliphatic carbocycles. The molecule has 0 spiro atoms. The Morgan fingerprint density at radius 1 is 1.33 bits per heavy atom. The highest BCUT2D eigenvalue weighted by Gasteiger charge is 2.04. The van der Waals surface area contributed by atoms with E-state index in [1.54, 1.807) is 36.4 Å². The van der Waals surface area contributed by atoms with Crippen molar-refractivity contribution in [3.63, 3.8) is 0 Å². The Hall–Kier alpha value is -1.60. The molecule has 78 valence electrons. The van der Waals surface area contributed by atoms with Gasteiger partial charge in [0.2, 0.25) is 0 Å². The van der Waals surface area contributed by atoms with Crippen LogP contribution in [0.1, 0.15) is 12.0 Å². The lowest BCUT2D eigenvalue weighted by atomic mass is 10.2. The monoisotopic (exact) mass is 221 g/mol. The minimum Gasteiger partial charge on any atom is -0.224 e. The third-order valence-electron chi connectivity index (χ3n) is 1.83. The number of hydrogen-bond donors (Lipinski definition) is 0. The first-order chi connectivity index (χ1) is 7.04. The van der Waals surface area contributed by atoms with Crippen molar-refractivity contribution in [2.45, 2.75) is 11.3 Å². The molecular formula is C11H11NO2S. The Morgan fingerprint density at radius 3 is 2.40 bits per heavy atom. The summed E-state index contributed by atoms with van der Waals surface area (Å²) in [5, 5.41) is 8.31. The molecule has 0 unspecified atom stereocenters. The number of sulfone groups is 1. The van der Waals surface area contributed by atoms with E-state index in [1.807, 2.05) is 6.07 Å². The molecule has 0 N–H and O–H groups in total. The molecule has 0 bridgehead atoms. The number of allylic oxidation sites excluding steroid dienone is 1. The SMILES string of the molecule is CS(=O)(=O)c1ccc(C=CCC#N)cc1. The zero-order valence-corrected chi connectivity index (χ0v) is 9.16. The van der Waals surface area contributed by atoms with Crippen molar-refractivity contribution in [2.24, 2.45) is 0 Å².